The molecule has 2 aromatic carbocycles. The molecule has 0 spiro atoms. The first-order valence-corrected chi connectivity index (χ1v) is 8.86. The van der Waals surface area contributed by atoms with Gasteiger partial charge in [0.15, 0.2) is 17.5 Å². The van der Waals surface area contributed by atoms with Crippen LogP contribution in [0.5, 0.6) is 11.5 Å². The Kier molecular flexibility index (Phi) is 4.46. The molecule has 0 fully saturated rings. The Labute approximate surface area is 147 Å². The van der Waals surface area contributed by atoms with Crippen LogP contribution < -0.4 is 20.5 Å². The van der Waals surface area contributed by atoms with Crippen molar-refractivity contribution in [1.29, 1.82) is 0 Å². The Hall–Kier alpha value is -2.69. The van der Waals surface area contributed by atoms with Gasteiger partial charge in [0.2, 0.25) is 6.79 Å². The summed E-state index contributed by atoms with van der Waals surface area (Å²) in [6.07, 6.45) is 5.60. The molecule has 1 aliphatic heterocycles. The van der Waals surface area contributed by atoms with Gasteiger partial charge < -0.3 is 20.5 Å². The van der Waals surface area contributed by atoms with E-state index in [1.165, 1.54) is 24.0 Å². The van der Waals surface area contributed by atoms with Crippen LogP contribution in [0.1, 0.15) is 29.5 Å². The number of guanidine groups is 1. The van der Waals surface area contributed by atoms with Gasteiger partial charge in [-0.3, -0.25) is 4.99 Å². The van der Waals surface area contributed by atoms with Gasteiger partial charge in [-0.05, 0) is 67.0 Å². The number of aliphatic imine (C=N–C) groups is 1. The van der Waals surface area contributed by atoms with Crippen molar-refractivity contribution >= 4 is 11.6 Å². The normalized spacial score (nSPS) is 15.8. The van der Waals surface area contributed by atoms with E-state index in [4.69, 9.17) is 15.2 Å². The lowest BCUT2D eigenvalue weighted by atomic mass is 9.90. The molecular weight excluding hydrogens is 314 g/mol. The molecule has 2 aliphatic rings. The summed E-state index contributed by atoms with van der Waals surface area (Å²) in [7, 11) is 0. The number of anilines is 1. The Morgan fingerprint density at radius 1 is 1.08 bits per heavy atom. The third kappa shape index (κ3) is 3.55. The van der Waals surface area contributed by atoms with Crippen LogP contribution in [0.15, 0.2) is 41.4 Å². The fraction of sp³-hybridized carbons (Fsp3) is 0.350. The fourth-order valence-electron chi connectivity index (χ4n) is 3.48. The van der Waals surface area contributed by atoms with Gasteiger partial charge in [-0.15, -0.1) is 0 Å². The lowest BCUT2D eigenvalue weighted by Crippen LogP contribution is -2.24. The van der Waals surface area contributed by atoms with E-state index in [0.29, 0.717) is 19.3 Å². The van der Waals surface area contributed by atoms with Crippen molar-refractivity contribution < 1.29 is 9.47 Å². The number of nitrogens with two attached hydrogens (primary N) is 1. The SMILES string of the molecule is NC(=NCCc1ccc2c(c1)OCO2)Nc1cccc2c1CCCC2. The number of nitrogens with zero attached hydrogens (tertiary/aromatic N) is 1. The molecule has 0 bridgehead atoms. The number of ether oxygens (including phenoxy) is 2. The Balaban J connectivity index is 1.38. The molecule has 130 valence electrons. The summed E-state index contributed by atoms with van der Waals surface area (Å²) in [5, 5.41) is 3.28. The summed E-state index contributed by atoms with van der Waals surface area (Å²) in [6.45, 7) is 0.933. The number of aryl methyl sites for hydroxylation is 1. The van der Waals surface area contributed by atoms with E-state index in [1.807, 2.05) is 18.2 Å². The van der Waals surface area contributed by atoms with Crippen LogP contribution in [0.4, 0.5) is 5.69 Å². The molecular formula is C20H23N3O2. The smallest absolute Gasteiger partial charge is 0.231 e. The van der Waals surface area contributed by atoms with Crippen LogP contribution in [-0.2, 0) is 19.3 Å². The summed E-state index contributed by atoms with van der Waals surface area (Å²) in [6, 6.07) is 12.4. The topological polar surface area (TPSA) is 68.9 Å². The summed E-state index contributed by atoms with van der Waals surface area (Å²) in [4.78, 5) is 4.47. The first-order chi connectivity index (χ1) is 12.3. The average Bonchev–Trinajstić information content (AvgIpc) is 3.10. The maximum absolute atomic E-state index is 6.09. The van der Waals surface area contributed by atoms with Crippen molar-refractivity contribution in [2.24, 2.45) is 10.7 Å². The number of fused-ring (bicyclic) bond motifs is 2. The van der Waals surface area contributed by atoms with Gasteiger partial charge in [-0.1, -0.05) is 18.2 Å². The van der Waals surface area contributed by atoms with Crippen molar-refractivity contribution in [3.8, 4) is 11.5 Å². The number of hydrogen-bond acceptors (Lipinski definition) is 3. The third-order valence-electron chi connectivity index (χ3n) is 4.78. The molecule has 0 amide bonds. The first-order valence-electron chi connectivity index (χ1n) is 8.86. The fourth-order valence-corrected chi connectivity index (χ4v) is 3.48. The van der Waals surface area contributed by atoms with Crippen molar-refractivity contribution in [3.63, 3.8) is 0 Å². The largest absolute Gasteiger partial charge is 0.454 e. The summed E-state index contributed by atoms with van der Waals surface area (Å²) in [5.74, 6) is 2.09. The number of rotatable bonds is 4. The zero-order chi connectivity index (χ0) is 17.1. The highest BCUT2D eigenvalue weighted by Crippen LogP contribution is 2.32. The second kappa shape index (κ2) is 7.05. The van der Waals surface area contributed by atoms with E-state index in [1.54, 1.807) is 0 Å². The number of benzene rings is 2. The quantitative estimate of drug-likeness (QED) is 0.664. The highest BCUT2D eigenvalue weighted by atomic mass is 16.7. The molecule has 0 radical (unpaired) electrons. The Bertz CT molecular complexity index is 802. The standard InChI is InChI=1S/C20H23N3O2/c21-20(23-17-7-3-5-15-4-1-2-6-16(15)17)22-11-10-14-8-9-18-19(12-14)25-13-24-18/h3,5,7-9,12H,1-2,4,6,10-11,13H2,(H3,21,22,23). The lowest BCUT2D eigenvalue weighted by molar-refractivity contribution is 0.174. The highest BCUT2D eigenvalue weighted by molar-refractivity contribution is 5.93. The van der Waals surface area contributed by atoms with Crippen molar-refractivity contribution in [2.75, 3.05) is 18.7 Å². The molecule has 25 heavy (non-hydrogen) atoms. The maximum Gasteiger partial charge on any atom is 0.231 e. The average molecular weight is 337 g/mol. The van der Waals surface area contributed by atoms with E-state index in [2.05, 4.69) is 28.5 Å². The predicted octanol–water partition coefficient (Wildman–Crippen LogP) is 3.26. The Morgan fingerprint density at radius 3 is 2.92 bits per heavy atom. The molecule has 0 aromatic heterocycles. The van der Waals surface area contributed by atoms with Crippen LogP contribution in [0.2, 0.25) is 0 Å². The van der Waals surface area contributed by atoms with Crippen LogP contribution in [-0.4, -0.2) is 19.3 Å². The number of nitrogens with one attached hydrogen (secondary N) is 1. The van der Waals surface area contributed by atoms with E-state index >= 15 is 0 Å². The summed E-state index contributed by atoms with van der Waals surface area (Å²) >= 11 is 0. The van der Waals surface area contributed by atoms with Crippen molar-refractivity contribution in [1.82, 2.24) is 0 Å². The van der Waals surface area contributed by atoms with E-state index < -0.39 is 0 Å². The van der Waals surface area contributed by atoms with Crippen LogP contribution in [0.25, 0.3) is 0 Å². The van der Waals surface area contributed by atoms with Crippen molar-refractivity contribution in [2.45, 2.75) is 32.1 Å². The lowest BCUT2D eigenvalue weighted by Gasteiger charge is -2.19. The van der Waals surface area contributed by atoms with Gasteiger partial charge in [0.1, 0.15) is 0 Å². The maximum atomic E-state index is 6.09. The van der Waals surface area contributed by atoms with E-state index in [9.17, 15) is 0 Å². The zero-order valence-electron chi connectivity index (χ0n) is 14.3. The molecule has 1 aliphatic carbocycles. The van der Waals surface area contributed by atoms with Crippen LogP contribution >= 0.6 is 0 Å². The van der Waals surface area contributed by atoms with Gasteiger partial charge >= 0.3 is 0 Å². The van der Waals surface area contributed by atoms with Gasteiger partial charge in [-0.25, -0.2) is 0 Å². The molecule has 0 saturated heterocycles. The van der Waals surface area contributed by atoms with Crippen LogP contribution in [0.3, 0.4) is 0 Å². The van der Waals surface area contributed by atoms with Gasteiger partial charge in [0, 0.05) is 12.2 Å². The molecule has 3 N–H and O–H groups in total. The van der Waals surface area contributed by atoms with Gasteiger partial charge in [-0.2, -0.15) is 0 Å². The van der Waals surface area contributed by atoms with Crippen molar-refractivity contribution in [3.05, 3.63) is 53.1 Å². The zero-order valence-corrected chi connectivity index (χ0v) is 14.3. The Morgan fingerprint density at radius 2 is 1.96 bits per heavy atom. The minimum Gasteiger partial charge on any atom is -0.454 e. The van der Waals surface area contributed by atoms with E-state index in [0.717, 1.165) is 42.0 Å². The molecule has 5 heteroatoms. The monoisotopic (exact) mass is 337 g/mol. The second-order valence-electron chi connectivity index (χ2n) is 6.48. The summed E-state index contributed by atoms with van der Waals surface area (Å²) in [5.41, 5.74) is 11.2. The minimum absolute atomic E-state index is 0.301. The molecule has 5 nitrogen and oxygen atoms in total. The second-order valence-corrected chi connectivity index (χ2v) is 6.48. The molecule has 0 unspecified atom stereocenters. The first kappa shape index (κ1) is 15.8. The van der Waals surface area contributed by atoms with Gasteiger partial charge in [0.25, 0.3) is 0 Å². The number of hydrogen-bond donors (Lipinski definition) is 2. The van der Waals surface area contributed by atoms with Gasteiger partial charge in [0.05, 0.1) is 0 Å². The molecule has 0 atom stereocenters. The molecule has 2 aromatic rings. The van der Waals surface area contributed by atoms with E-state index in [-0.39, 0.29) is 0 Å². The molecule has 4 rings (SSSR count). The summed E-state index contributed by atoms with van der Waals surface area (Å²) < 4.78 is 10.7. The van der Waals surface area contributed by atoms with Crippen LogP contribution in [0, 0.1) is 0 Å². The highest BCUT2D eigenvalue weighted by Gasteiger charge is 2.14. The molecule has 1 heterocycles. The molecule has 0 saturated carbocycles. The minimum atomic E-state index is 0.301. The third-order valence-corrected chi connectivity index (χ3v) is 4.78. The predicted molar refractivity (Wildman–Crippen MR) is 99.5 cm³/mol.